The van der Waals surface area contributed by atoms with Crippen LogP contribution in [0.3, 0.4) is 0 Å². The van der Waals surface area contributed by atoms with E-state index in [0.29, 0.717) is 6.54 Å². The van der Waals surface area contributed by atoms with Crippen LogP contribution in [0, 0.1) is 0 Å². The number of carbonyl (C=O) groups is 1. The summed E-state index contributed by atoms with van der Waals surface area (Å²) in [5, 5.41) is 8.02. The Morgan fingerprint density at radius 2 is 1.94 bits per heavy atom. The first-order valence-corrected chi connectivity index (χ1v) is 5.19. The summed E-state index contributed by atoms with van der Waals surface area (Å²) in [4.78, 5) is 14.4. The van der Waals surface area contributed by atoms with E-state index in [0.717, 1.165) is 5.56 Å². The summed E-state index contributed by atoms with van der Waals surface area (Å²) in [6.07, 6.45) is 1.24. The van der Waals surface area contributed by atoms with Gasteiger partial charge in [-0.05, 0) is 5.56 Å². The molecule has 0 aliphatic carbocycles. The Labute approximate surface area is 103 Å². The van der Waals surface area contributed by atoms with E-state index in [9.17, 15) is 4.79 Å². The molecule has 0 aliphatic heterocycles. The van der Waals surface area contributed by atoms with Crippen molar-refractivity contribution in [3.05, 3.63) is 46.0 Å². The molecule has 0 fully saturated rings. The van der Waals surface area contributed by atoms with Crippen molar-refractivity contribution in [1.29, 1.82) is 0 Å². The first-order valence-electron chi connectivity index (χ1n) is 4.43. The Balaban J connectivity index is 2.63. The van der Waals surface area contributed by atoms with Gasteiger partial charge in [0.15, 0.2) is 0 Å². The van der Waals surface area contributed by atoms with E-state index in [1.807, 2.05) is 30.3 Å². The van der Waals surface area contributed by atoms with E-state index in [1.54, 1.807) is 0 Å². The second-order valence-corrected chi connectivity index (χ2v) is 3.71. The van der Waals surface area contributed by atoms with E-state index in [-0.39, 0.29) is 5.03 Å². The first kappa shape index (κ1) is 12.7. The maximum absolute atomic E-state index is 10.4. The molecule has 0 aromatic heterocycles. The van der Waals surface area contributed by atoms with Crippen LogP contribution in [0.5, 0.6) is 0 Å². The van der Waals surface area contributed by atoms with Crippen LogP contribution in [-0.2, 0) is 11.3 Å². The Morgan fingerprint density at radius 3 is 2.50 bits per heavy atom. The first-order chi connectivity index (χ1) is 7.61. The Bertz CT molecular complexity index is 427. The van der Waals surface area contributed by atoms with Crippen molar-refractivity contribution >= 4 is 35.4 Å². The van der Waals surface area contributed by atoms with Crippen LogP contribution in [0.15, 0.2) is 45.4 Å². The molecule has 16 heavy (non-hydrogen) atoms. The Morgan fingerprint density at radius 1 is 1.31 bits per heavy atom. The van der Waals surface area contributed by atoms with Gasteiger partial charge in [-0.25, -0.2) is 4.79 Å². The Kier molecular flexibility index (Phi) is 5.02. The molecular weight excluding hydrogens is 249 g/mol. The van der Waals surface area contributed by atoms with Crippen LogP contribution in [0.25, 0.3) is 0 Å². The van der Waals surface area contributed by atoms with Crippen LogP contribution in [0.1, 0.15) is 5.56 Å². The predicted octanol–water partition coefficient (Wildman–Crippen LogP) is 3.03. The number of carboxylic acids is 1. The fourth-order valence-corrected chi connectivity index (χ4v) is 1.17. The van der Waals surface area contributed by atoms with Crippen molar-refractivity contribution in [2.24, 2.45) is 4.99 Å². The lowest BCUT2D eigenvalue weighted by atomic mass is 10.2. The van der Waals surface area contributed by atoms with Crippen molar-refractivity contribution in [2.45, 2.75) is 6.54 Å². The average Bonchev–Trinajstić information content (AvgIpc) is 2.29. The third-order valence-corrected chi connectivity index (χ3v) is 2.47. The van der Waals surface area contributed by atoms with Crippen LogP contribution >= 0.6 is 23.2 Å². The second kappa shape index (κ2) is 6.30. The number of halogens is 2. The molecule has 3 nitrogen and oxygen atoms in total. The summed E-state index contributed by atoms with van der Waals surface area (Å²) in [6, 6.07) is 9.52. The molecule has 0 saturated heterocycles. The summed E-state index contributed by atoms with van der Waals surface area (Å²) in [7, 11) is 0. The average molecular weight is 258 g/mol. The summed E-state index contributed by atoms with van der Waals surface area (Å²) >= 11 is 11.0. The second-order valence-electron chi connectivity index (χ2n) is 2.92. The monoisotopic (exact) mass is 257 g/mol. The molecule has 0 bridgehead atoms. The van der Waals surface area contributed by atoms with Gasteiger partial charge in [0.25, 0.3) is 0 Å². The van der Waals surface area contributed by atoms with Gasteiger partial charge in [0.2, 0.25) is 0 Å². The van der Waals surface area contributed by atoms with Crippen LogP contribution in [0.4, 0.5) is 0 Å². The smallest absolute Gasteiger partial charge is 0.348 e. The number of benzene rings is 1. The highest BCUT2D eigenvalue weighted by Gasteiger charge is 2.07. The van der Waals surface area contributed by atoms with Gasteiger partial charge in [-0.3, -0.25) is 4.99 Å². The van der Waals surface area contributed by atoms with Crippen molar-refractivity contribution in [3.63, 3.8) is 0 Å². The van der Waals surface area contributed by atoms with Gasteiger partial charge in [-0.2, -0.15) is 0 Å². The quantitative estimate of drug-likeness (QED) is 0.666. The number of allylic oxidation sites excluding steroid dienone is 1. The molecule has 84 valence electrons. The number of aliphatic carboxylic acids is 1. The molecule has 0 heterocycles. The van der Waals surface area contributed by atoms with Gasteiger partial charge in [-0.15, -0.1) is 0 Å². The Hall–Kier alpha value is -1.32. The molecule has 0 spiro atoms. The van der Waals surface area contributed by atoms with Gasteiger partial charge in [-0.1, -0.05) is 53.5 Å². The number of aliphatic imine (C=N–C) groups is 1. The topological polar surface area (TPSA) is 49.7 Å². The van der Waals surface area contributed by atoms with E-state index >= 15 is 0 Å². The van der Waals surface area contributed by atoms with E-state index in [1.165, 1.54) is 6.21 Å². The lowest BCUT2D eigenvalue weighted by molar-refractivity contribution is -0.131. The number of rotatable bonds is 4. The molecule has 0 saturated carbocycles. The molecule has 0 radical (unpaired) electrons. The molecule has 1 rings (SSSR count). The standard InChI is InChI=1S/C11H9Cl2NO2/c12-9(10(13)11(15)16)7-14-6-8-4-2-1-3-5-8/h1-5,7H,6H2,(H,15,16). The molecule has 0 amide bonds. The predicted molar refractivity (Wildman–Crippen MR) is 65.0 cm³/mol. The molecule has 1 aromatic rings. The van der Waals surface area contributed by atoms with Crippen molar-refractivity contribution < 1.29 is 9.90 Å². The largest absolute Gasteiger partial charge is 0.477 e. The summed E-state index contributed by atoms with van der Waals surface area (Å²) in [6.45, 7) is 0.431. The molecule has 0 atom stereocenters. The van der Waals surface area contributed by atoms with Crippen LogP contribution in [0.2, 0.25) is 0 Å². The third-order valence-electron chi connectivity index (χ3n) is 1.72. The highest BCUT2D eigenvalue weighted by Crippen LogP contribution is 2.12. The van der Waals surface area contributed by atoms with E-state index < -0.39 is 11.0 Å². The SMILES string of the molecule is O=C(O)C(Cl)=C(Cl)C=NCc1ccccc1. The summed E-state index contributed by atoms with van der Waals surface area (Å²) in [5.41, 5.74) is 1.01. The molecule has 1 N–H and O–H groups in total. The molecule has 0 aliphatic rings. The van der Waals surface area contributed by atoms with Gasteiger partial charge in [0.05, 0.1) is 11.6 Å². The maximum atomic E-state index is 10.4. The highest BCUT2D eigenvalue weighted by atomic mass is 35.5. The molecular formula is C11H9Cl2NO2. The van der Waals surface area contributed by atoms with Crippen molar-refractivity contribution in [1.82, 2.24) is 0 Å². The zero-order valence-electron chi connectivity index (χ0n) is 8.23. The van der Waals surface area contributed by atoms with Crippen molar-refractivity contribution in [2.75, 3.05) is 0 Å². The van der Waals surface area contributed by atoms with Gasteiger partial charge < -0.3 is 5.11 Å². The van der Waals surface area contributed by atoms with Crippen LogP contribution in [-0.4, -0.2) is 17.3 Å². The number of nitrogens with zero attached hydrogens (tertiary/aromatic N) is 1. The fraction of sp³-hybridized carbons (Fsp3) is 0.0909. The summed E-state index contributed by atoms with van der Waals surface area (Å²) in [5.74, 6) is -1.27. The number of hydrogen-bond acceptors (Lipinski definition) is 2. The highest BCUT2D eigenvalue weighted by molar-refractivity contribution is 6.51. The zero-order valence-corrected chi connectivity index (χ0v) is 9.74. The van der Waals surface area contributed by atoms with Crippen molar-refractivity contribution in [3.8, 4) is 0 Å². The lowest BCUT2D eigenvalue weighted by Gasteiger charge is -1.95. The number of carboxylic acid groups (broad SMARTS) is 1. The minimum absolute atomic E-state index is 0.0786. The van der Waals surface area contributed by atoms with E-state index in [2.05, 4.69) is 4.99 Å². The third kappa shape index (κ3) is 4.04. The molecule has 1 aromatic carbocycles. The van der Waals surface area contributed by atoms with Crippen LogP contribution < -0.4 is 0 Å². The molecule has 0 unspecified atom stereocenters. The fourth-order valence-electron chi connectivity index (χ4n) is 0.973. The molecule has 5 heteroatoms. The van der Waals surface area contributed by atoms with Gasteiger partial charge in [0, 0.05) is 6.21 Å². The maximum Gasteiger partial charge on any atom is 0.348 e. The van der Waals surface area contributed by atoms with Gasteiger partial charge in [0.1, 0.15) is 5.03 Å². The number of hydrogen-bond donors (Lipinski definition) is 1. The van der Waals surface area contributed by atoms with Gasteiger partial charge >= 0.3 is 5.97 Å². The van der Waals surface area contributed by atoms with E-state index in [4.69, 9.17) is 28.3 Å². The summed E-state index contributed by atoms with van der Waals surface area (Å²) < 4.78 is 0. The lowest BCUT2D eigenvalue weighted by Crippen LogP contribution is -1.96. The minimum Gasteiger partial charge on any atom is -0.477 e. The minimum atomic E-state index is -1.27. The normalized spacial score (nSPS) is 12.6. The zero-order chi connectivity index (χ0) is 12.0.